The van der Waals surface area contributed by atoms with Crippen molar-refractivity contribution >= 4 is 27.5 Å². The van der Waals surface area contributed by atoms with Crippen molar-refractivity contribution < 1.29 is 9.90 Å². The second-order valence-corrected chi connectivity index (χ2v) is 7.18. The highest BCUT2D eigenvalue weighted by Crippen LogP contribution is 2.27. The fourth-order valence-electron chi connectivity index (χ4n) is 2.53. The van der Waals surface area contributed by atoms with Crippen LogP contribution < -0.4 is 10.9 Å². The third-order valence-electron chi connectivity index (χ3n) is 3.79. The molecule has 0 bridgehead atoms. The molecule has 2 aromatic heterocycles. The van der Waals surface area contributed by atoms with E-state index >= 15 is 0 Å². The zero-order valence-electron chi connectivity index (χ0n) is 13.3. The van der Waals surface area contributed by atoms with Crippen LogP contribution in [0.15, 0.2) is 9.27 Å². The highest BCUT2D eigenvalue weighted by molar-refractivity contribution is 9.10. The normalized spacial score (nSPS) is 14.7. The summed E-state index contributed by atoms with van der Waals surface area (Å²) in [4.78, 5) is 25.0. The van der Waals surface area contributed by atoms with Gasteiger partial charge in [0.2, 0.25) is 5.88 Å². The summed E-state index contributed by atoms with van der Waals surface area (Å²) in [7, 11) is 0. The molecule has 2 heterocycles. The molecule has 7 nitrogen and oxygen atoms in total. The Hall–Kier alpha value is -1.83. The number of carbonyl (C=O) groups is 1. The van der Waals surface area contributed by atoms with Gasteiger partial charge in [0.1, 0.15) is 0 Å². The molecule has 1 aliphatic carbocycles. The van der Waals surface area contributed by atoms with Gasteiger partial charge in [-0.2, -0.15) is 9.61 Å². The smallest absolute Gasteiger partial charge is 0.291 e. The van der Waals surface area contributed by atoms with E-state index in [0.29, 0.717) is 22.4 Å². The Bertz CT molecular complexity index is 849. The number of nitrogens with zero attached hydrogens (tertiary/aromatic N) is 3. The summed E-state index contributed by atoms with van der Waals surface area (Å²) in [6, 6.07) is 0.0987. The van der Waals surface area contributed by atoms with Crippen molar-refractivity contribution in [2.24, 2.45) is 5.92 Å². The molecule has 1 amide bonds. The first-order valence-electron chi connectivity index (χ1n) is 7.62. The van der Waals surface area contributed by atoms with Gasteiger partial charge in [-0.05, 0) is 41.6 Å². The molecule has 3 rings (SSSR count). The van der Waals surface area contributed by atoms with E-state index in [0.717, 1.165) is 12.8 Å². The number of aromatic hydroxyl groups is 1. The first-order chi connectivity index (χ1) is 10.8. The standard InChI is InChI=1S/C15H19BrN4O3/c1-7(2)6-19-13-11(16)8(3)18-20(13)15(23)10(14(19)22)12(21)17-9-4-5-9/h7,9,22H,4-6H2,1-3H3,(H,17,21). The molecule has 0 saturated heterocycles. The van der Waals surface area contributed by atoms with Gasteiger partial charge in [-0.3, -0.25) is 14.2 Å². The van der Waals surface area contributed by atoms with Crippen molar-refractivity contribution in [2.45, 2.75) is 46.2 Å². The van der Waals surface area contributed by atoms with Gasteiger partial charge in [0.25, 0.3) is 11.5 Å². The Morgan fingerprint density at radius 2 is 2.13 bits per heavy atom. The van der Waals surface area contributed by atoms with Crippen molar-refractivity contribution in [3.63, 3.8) is 0 Å². The Labute approximate surface area is 141 Å². The van der Waals surface area contributed by atoms with Gasteiger partial charge < -0.3 is 10.4 Å². The molecule has 1 saturated carbocycles. The maximum absolute atomic E-state index is 12.6. The molecule has 124 valence electrons. The molecule has 23 heavy (non-hydrogen) atoms. The number of rotatable bonds is 4. The molecule has 0 aromatic carbocycles. The number of carbonyl (C=O) groups excluding carboxylic acids is 1. The zero-order chi connectivity index (χ0) is 16.9. The Morgan fingerprint density at radius 3 is 2.70 bits per heavy atom. The predicted molar refractivity (Wildman–Crippen MR) is 88.9 cm³/mol. The SMILES string of the molecule is Cc1nn2c(=O)c(C(=O)NC3CC3)c(O)n(CC(C)C)c2c1Br. The Kier molecular flexibility index (Phi) is 3.95. The van der Waals surface area contributed by atoms with Crippen LogP contribution in [0.2, 0.25) is 0 Å². The Balaban J connectivity index is 2.27. The molecule has 1 aliphatic rings. The van der Waals surface area contributed by atoms with Crippen LogP contribution in [0.5, 0.6) is 5.88 Å². The fourth-order valence-corrected chi connectivity index (χ4v) is 2.99. The molecular formula is C15H19BrN4O3. The largest absolute Gasteiger partial charge is 0.494 e. The lowest BCUT2D eigenvalue weighted by atomic mass is 10.2. The van der Waals surface area contributed by atoms with Crippen LogP contribution in [0.1, 0.15) is 42.7 Å². The lowest BCUT2D eigenvalue weighted by Crippen LogP contribution is -2.34. The topological polar surface area (TPSA) is 88.6 Å². The minimum Gasteiger partial charge on any atom is -0.494 e. The van der Waals surface area contributed by atoms with Crippen molar-refractivity contribution in [1.29, 1.82) is 0 Å². The summed E-state index contributed by atoms with van der Waals surface area (Å²) in [5.41, 5.74) is 0.227. The van der Waals surface area contributed by atoms with E-state index in [-0.39, 0.29) is 23.4 Å². The minimum absolute atomic E-state index is 0.0987. The second kappa shape index (κ2) is 5.67. The number of nitrogens with one attached hydrogen (secondary N) is 1. The molecule has 2 N–H and O–H groups in total. The van der Waals surface area contributed by atoms with E-state index in [1.807, 2.05) is 13.8 Å². The summed E-state index contributed by atoms with van der Waals surface area (Å²) < 4.78 is 3.39. The summed E-state index contributed by atoms with van der Waals surface area (Å²) in [6.07, 6.45) is 1.81. The van der Waals surface area contributed by atoms with E-state index in [1.54, 1.807) is 11.5 Å². The lowest BCUT2D eigenvalue weighted by Gasteiger charge is -2.16. The van der Waals surface area contributed by atoms with Crippen molar-refractivity contribution in [3.05, 3.63) is 26.1 Å². The maximum atomic E-state index is 12.6. The van der Waals surface area contributed by atoms with Crippen LogP contribution in [0.3, 0.4) is 0 Å². The quantitative estimate of drug-likeness (QED) is 0.843. The number of halogens is 1. The van der Waals surface area contributed by atoms with Gasteiger partial charge >= 0.3 is 0 Å². The molecule has 8 heteroatoms. The number of aromatic nitrogens is 3. The van der Waals surface area contributed by atoms with Crippen LogP contribution in [0, 0.1) is 12.8 Å². The maximum Gasteiger partial charge on any atom is 0.291 e. The van der Waals surface area contributed by atoms with Crippen LogP contribution in [0.25, 0.3) is 5.65 Å². The van der Waals surface area contributed by atoms with Crippen molar-refractivity contribution in [3.8, 4) is 5.88 Å². The van der Waals surface area contributed by atoms with Crippen LogP contribution in [-0.2, 0) is 6.54 Å². The molecule has 0 unspecified atom stereocenters. The first-order valence-corrected chi connectivity index (χ1v) is 8.42. The van der Waals surface area contributed by atoms with E-state index < -0.39 is 11.5 Å². The van der Waals surface area contributed by atoms with Gasteiger partial charge in [0.15, 0.2) is 11.2 Å². The molecule has 0 atom stereocenters. The zero-order valence-corrected chi connectivity index (χ0v) is 14.8. The minimum atomic E-state index is -0.607. The molecule has 0 radical (unpaired) electrons. The van der Waals surface area contributed by atoms with Crippen LogP contribution >= 0.6 is 15.9 Å². The molecule has 1 fully saturated rings. The highest BCUT2D eigenvalue weighted by Gasteiger charge is 2.30. The summed E-state index contributed by atoms with van der Waals surface area (Å²) in [6.45, 7) is 6.21. The molecule has 2 aromatic rings. The van der Waals surface area contributed by atoms with Gasteiger partial charge in [0.05, 0.1) is 10.2 Å². The van der Waals surface area contributed by atoms with Crippen molar-refractivity contribution in [1.82, 2.24) is 19.5 Å². The van der Waals surface area contributed by atoms with E-state index in [2.05, 4.69) is 26.3 Å². The van der Waals surface area contributed by atoms with Gasteiger partial charge in [0, 0.05) is 12.6 Å². The van der Waals surface area contributed by atoms with Gasteiger partial charge in [-0.15, -0.1) is 0 Å². The highest BCUT2D eigenvalue weighted by atomic mass is 79.9. The molecule has 0 spiro atoms. The van der Waals surface area contributed by atoms with Crippen LogP contribution in [-0.4, -0.2) is 31.2 Å². The average molecular weight is 383 g/mol. The van der Waals surface area contributed by atoms with Crippen molar-refractivity contribution in [2.75, 3.05) is 0 Å². The average Bonchev–Trinajstić information content (AvgIpc) is 3.21. The van der Waals surface area contributed by atoms with Gasteiger partial charge in [-0.25, -0.2) is 0 Å². The predicted octanol–water partition coefficient (Wildman–Crippen LogP) is 1.82. The van der Waals surface area contributed by atoms with E-state index in [4.69, 9.17) is 0 Å². The summed E-state index contributed by atoms with van der Waals surface area (Å²) in [5.74, 6) is -0.637. The van der Waals surface area contributed by atoms with E-state index in [1.165, 1.54) is 4.52 Å². The summed E-state index contributed by atoms with van der Waals surface area (Å²) >= 11 is 3.42. The van der Waals surface area contributed by atoms with Gasteiger partial charge in [-0.1, -0.05) is 13.8 Å². The number of aryl methyl sites for hydroxylation is 1. The molecule has 0 aliphatic heterocycles. The third kappa shape index (κ3) is 2.75. The fraction of sp³-hybridized carbons (Fsp3) is 0.533. The monoisotopic (exact) mass is 382 g/mol. The first kappa shape index (κ1) is 16.0. The second-order valence-electron chi connectivity index (χ2n) is 6.39. The van der Waals surface area contributed by atoms with Crippen LogP contribution in [0.4, 0.5) is 0 Å². The Morgan fingerprint density at radius 1 is 1.48 bits per heavy atom. The number of fused-ring (bicyclic) bond motifs is 1. The lowest BCUT2D eigenvalue weighted by molar-refractivity contribution is 0.0944. The molecular weight excluding hydrogens is 364 g/mol. The number of hydrogen-bond acceptors (Lipinski definition) is 4. The number of amides is 1. The number of hydrogen-bond donors (Lipinski definition) is 2. The third-order valence-corrected chi connectivity index (χ3v) is 4.72. The summed E-state index contributed by atoms with van der Waals surface area (Å²) in [5, 5.41) is 17.6. The van der Waals surface area contributed by atoms with E-state index in [9.17, 15) is 14.7 Å².